The van der Waals surface area contributed by atoms with Gasteiger partial charge in [-0.2, -0.15) is 0 Å². The summed E-state index contributed by atoms with van der Waals surface area (Å²) in [5.74, 6) is 0.334. The molecular formula is C21H24ClNO4. The maximum atomic E-state index is 12.4. The largest absolute Gasteiger partial charge is 0.495 e. The summed E-state index contributed by atoms with van der Waals surface area (Å²) in [6.07, 6.45) is 0. The van der Waals surface area contributed by atoms with Gasteiger partial charge in [-0.3, -0.25) is 9.59 Å². The molecule has 2 rings (SSSR count). The van der Waals surface area contributed by atoms with Crippen molar-refractivity contribution in [3.63, 3.8) is 0 Å². The molecule has 0 radical (unpaired) electrons. The smallest absolute Gasteiger partial charge is 0.262 e. The number of methoxy groups -OCH3 is 1. The molecule has 0 spiro atoms. The molecule has 27 heavy (non-hydrogen) atoms. The average Bonchev–Trinajstić information content (AvgIpc) is 2.59. The molecule has 1 amide bonds. The first kappa shape index (κ1) is 20.8. The summed E-state index contributed by atoms with van der Waals surface area (Å²) < 4.78 is 10.9. The van der Waals surface area contributed by atoms with Gasteiger partial charge in [0.15, 0.2) is 12.4 Å². The Hall–Kier alpha value is -2.53. The topological polar surface area (TPSA) is 64.6 Å². The van der Waals surface area contributed by atoms with Crippen LogP contribution in [-0.2, 0) is 10.2 Å². The van der Waals surface area contributed by atoms with Crippen LogP contribution in [0.5, 0.6) is 11.5 Å². The van der Waals surface area contributed by atoms with Crippen LogP contribution in [0.3, 0.4) is 0 Å². The minimum atomic E-state index is -0.358. The first-order valence-electron chi connectivity index (χ1n) is 8.53. The van der Waals surface area contributed by atoms with Crippen LogP contribution >= 0.6 is 11.6 Å². The number of carbonyl (C=O) groups is 2. The Morgan fingerprint density at radius 1 is 1.07 bits per heavy atom. The molecule has 1 N–H and O–H groups in total. The van der Waals surface area contributed by atoms with Crippen molar-refractivity contribution in [3.05, 3.63) is 52.5 Å². The molecule has 0 aliphatic carbocycles. The first-order chi connectivity index (χ1) is 12.6. The van der Waals surface area contributed by atoms with Gasteiger partial charge in [-0.1, -0.05) is 38.4 Å². The van der Waals surface area contributed by atoms with E-state index in [0.29, 0.717) is 27.8 Å². The van der Waals surface area contributed by atoms with Gasteiger partial charge in [0.25, 0.3) is 5.91 Å². The number of anilines is 1. The van der Waals surface area contributed by atoms with Gasteiger partial charge in [-0.15, -0.1) is 0 Å². The minimum Gasteiger partial charge on any atom is -0.495 e. The molecule has 6 heteroatoms. The van der Waals surface area contributed by atoms with E-state index in [4.69, 9.17) is 21.1 Å². The molecule has 0 atom stereocenters. The SMILES string of the molecule is COc1ccc(C(C)(C)C)cc1NC(=O)COc1ccc(Cl)cc1C(C)=O. The van der Waals surface area contributed by atoms with Gasteiger partial charge in [0.1, 0.15) is 11.5 Å². The van der Waals surface area contributed by atoms with Crippen LogP contribution in [0.4, 0.5) is 5.69 Å². The summed E-state index contributed by atoms with van der Waals surface area (Å²) in [4.78, 5) is 24.1. The van der Waals surface area contributed by atoms with Gasteiger partial charge in [-0.05, 0) is 48.2 Å². The van der Waals surface area contributed by atoms with E-state index in [2.05, 4.69) is 26.1 Å². The summed E-state index contributed by atoms with van der Waals surface area (Å²) in [7, 11) is 1.55. The number of ether oxygens (including phenoxy) is 2. The number of hydrogen-bond donors (Lipinski definition) is 1. The fourth-order valence-electron chi connectivity index (χ4n) is 2.50. The normalized spacial score (nSPS) is 11.0. The fraction of sp³-hybridized carbons (Fsp3) is 0.333. The summed E-state index contributed by atoms with van der Waals surface area (Å²) in [6, 6.07) is 10.4. The second kappa shape index (κ2) is 8.44. The molecule has 0 aliphatic heterocycles. The van der Waals surface area contributed by atoms with Gasteiger partial charge in [0.2, 0.25) is 0 Å². The van der Waals surface area contributed by atoms with Crippen molar-refractivity contribution < 1.29 is 19.1 Å². The first-order valence-corrected chi connectivity index (χ1v) is 8.91. The maximum Gasteiger partial charge on any atom is 0.262 e. The van der Waals surface area contributed by atoms with E-state index >= 15 is 0 Å². The molecule has 5 nitrogen and oxygen atoms in total. The van der Waals surface area contributed by atoms with Crippen molar-refractivity contribution in [2.45, 2.75) is 33.1 Å². The third-order valence-corrected chi connectivity index (χ3v) is 4.25. The van der Waals surface area contributed by atoms with Crippen LogP contribution in [0, 0.1) is 0 Å². The Morgan fingerprint density at radius 3 is 2.33 bits per heavy atom. The van der Waals surface area contributed by atoms with E-state index in [-0.39, 0.29) is 23.7 Å². The molecular weight excluding hydrogens is 366 g/mol. The number of halogens is 1. The van der Waals surface area contributed by atoms with Gasteiger partial charge in [0, 0.05) is 5.02 Å². The predicted octanol–water partition coefficient (Wildman–Crippen LogP) is 4.87. The van der Waals surface area contributed by atoms with Crippen LogP contribution in [0.15, 0.2) is 36.4 Å². The predicted molar refractivity (Wildman–Crippen MR) is 107 cm³/mol. The quantitative estimate of drug-likeness (QED) is 0.716. The lowest BCUT2D eigenvalue weighted by Gasteiger charge is -2.21. The molecule has 2 aromatic rings. The zero-order chi connectivity index (χ0) is 20.2. The second-order valence-electron chi connectivity index (χ2n) is 7.20. The molecule has 0 bridgehead atoms. The van der Waals surface area contributed by atoms with Crippen molar-refractivity contribution in [2.24, 2.45) is 0 Å². The number of rotatable bonds is 6. The number of ketones is 1. The van der Waals surface area contributed by atoms with Gasteiger partial charge in [0.05, 0.1) is 18.4 Å². The highest BCUT2D eigenvalue weighted by Gasteiger charge is 2.17. The van der Waals surface area contributed by atoms with Crippen LogP contribution in [-0.4, -0.2) is 25.4 Å². The highest BCUT2D eigenvalue weighted by Crippen LogP contribution is 2.31. The Labute approximate surface area is 164 Å². The number of benzene rings is 2. The number of nitrogens with one attached hydrogen (secondary N) is 1. The van der Waals surface area contributed by atoms with Gasteiger partial charge >= 0.3 is 0 Å². The minimum absolute atomic E-state index is 0.0675. The maximum absolute atomic E-state index is 12.4. The lowest BCUT2D eigenvalue weighted by atomic mass is 9.87. The number of amides is 1. The van der Waals surface area contributed by atoms with Crippen LogP contribution < -0.4 is 14.8 Å². The monoisotopic (exact) mass is 389 g/mol. The van der Waals surface area contributed by atoms with E-state index in [1.54, 1.807) is 19.2 Å². The molecule has 0 heterocycles. The second-order valence-corrected chi connectivity index (χ2v) is 7.64. The Bertz CT molecular complexity index is 856. The van der Waals surface area contributed by atoms with E-state index in [1.165, 1.54) is 13.0 Å². The molecule has 0 fully saturated rings. The lowest BCUT2D eigenvalue weighted by molar-refractivity contribution is -0.118. The van der Waals surface area contributed by atoms with E-state index in [0.717, 1.165) is 5.56 Å². The zero-order valence-electron chi connectivity index (χ0n) is 16.2. The fourth-order valence-corrected chi connectivity index (χ4v) is 2.68. The standard InChI is InChI=1S/C21H24ClNO4/c1-13(24)16-11-15(22)7-9-18(16)27-12-20(25)23-17-10-14(21(2,3)4)6-8-19(17)26-5/h6-11H,12H2,1-5H3,(H,23,25). The molecule has 0 saturated carbocycles. The molecule has 0 aromatic heterocycles. The molecule has 2 aromatic carbocycles. The number of hydrogen-bond acceptors (Lipinski definition) is 4. The van der Waals surface area contributed by atoms with Crippen molar-refractivity contribution >= 4 is 29.0 Å². The zero-order valence-corrected chi connectivity index (χ0v) is 16.9. The van der Waals surface area contributed by atoms with E-state index in [9.17, 15) is 9.59 Å². The number of Topliss-reactive ketones (excluding diaryl/α,β-unsaturated/α-hetero) is 1. The van der Waals surface area contributed by atoms with Crippen molar-refractivity contribution in [1.82, 2.24) is 0 Å². The highest BCUT2D eigenvalue weighted by molar-refractivity contribution is 6.31. The Kier molecular flexibility index (Phi) is 6.50. The van der Waals surface area contributed by atoms with Crippen molar-refractivity contribution in [1.29, 1.82) is 0 Å². The summed E-state index contributed by atoms with van der Waals surface area (Å²) in [5, 5.41) is 3.24. The molecule has 0 aliphatic rings. The van der Waals surface area contributed by atoms with Gasteiger partial charge < -0.3 is 14.8 Å². The average molecular weight is 390 g/mol. The third kappa shape index (κ3) is 5.47. The molecule has 0 saturated heterocycles. The molecule has 0 unspecified atom stereocenters. The van der Waals surface area contributed by atoms with Crippen molar-refractivity contribution in [3.8, 4) is 11.5 Å². The molecule has 144 valence electrons. The Morgan fingerprint density at radius 2 is 1.74 bits per heavy atom. The summed E-state index contributed by atoms with van der Waals surface area (Å²) in [6.45, 7) is 7.44. The van der Waals surface area contributed by atoms with Gasteiger partial charge in [-0.25, -0.2) is 0 Å². The third-order valence-electron chi connectivity index (χ3n) is 4.02. The summed E-state index contributed by atoms with van der Waals surface area (Å²) >= 11 is 5.91. The van der Waals surface area contributed by atoms with E-state index in [1.807, 2.05) is 18.2 Å². The highest BCUT2D eigenvalue weighted by atomic mass is 35.5. The summed E-state index contributed by atoms with van der Waals surface area (Å²) in [5.41, 5.74) is 1.90. The van der Waals surface area contributed by atoms with Crippen LogP contribution in [0.2, 0.25) is 5.02 Å². The van der Waals surface area contributed by atoms with Crippen LogP contribution in [0.25, 0.3) is 0 Å². The lowest BCUT2D eigenvalue weighted by Crippen LogP contribution is -2.21. The van der Waals surface area contributed by atoms with Crippen LogP contribution in [0.1, 0.15) is 43.6 Å². The van der Waals surface area contributed by atoms with E-state index < -0.39 is 0 Å². The Balaban J connectivity index is 2.14. The van der Waals surface area contributed by atoms with Crippen molar-refractivity contribution in [2.75, 3.05) is 19.0 Å². The number of carbonyl (C=O) groups excluding carboxylic acids is 2.